The fourth-order valence-electron chi connectivity index (χ4n) is 2.72. The van der Waals surface area contributed by atoms with Gasteiger partial charge in [0, 0.05) is 12.4 Å². The van der Waals surface area contributed by atoms with E-state index in [1.54, 1.807) is 39.2 Å². The summed E-state index contributed by atoms with van der Waals surface area (Å²) < 4.78 is 20.4. The van der Waals surface area contributed by atoms with Crippen LogP contribution in [-0.4, -0.2) is 34.7 Å². The zero-order valence-corrected chi connectivity index (χ0v) is 14.1. The van der Waals surface area contributed by atoms with Crippen molar-refractivity contribution in [1.29, 1.82) is 0 Å². The van der Waals surface area contributed by atoms with Gasteiger partial charge >= 0.3 is 6.09 Å². The van der Waals surface area contributed by atoms with E-state index in [2.05, 4.69) is 4.98 Å². The molecule has 0 atom stereocenters. The van der Waals surface area contributed by atoms with Crippen molar-refractivity contribution >= 4 is 6.09 Å². The van der Waals surface area contributed by atoms with Crippen molar-refractivity contribution in [1.82, 2.24) is 9.88 Å². The van der Waals surface area contributed by atoms with E-state index in [0.717, 1.165) is 11.1 Å². The third kappa shape index (κ3) is 3.40. The minimum Gasteiger partial charge on any atom is -0.444 e. The van der Waals surface area contributed by atoms with E-state index in [1.165, 1.54) is 4.90 Å². The number of hydrogen-bond donors (Lipinski definition) is 0. The van der Waals surface area contributed by atoms with E-state index < -0.39 is 17.4 Å². The molecule has 1 aliphatic heterocycles. The number of ether oxygens (including phenoxy) is 1. The van der Waals surface area contributed by atoms with Gasteiger partial charge in [-0.25, -0.2) is 9.18 Å². The molecule has 0 aliphatic carbocycles. The summed E-state index contributed by atoms with van der Waals surface area (Å²) in [6, 6.07) is 11.1. The molecular weight excluding hydrogens is 307 g/mol. The number of alkyl halides is 1. The Morgan fingerprint density at radius 1 is 1.17 bits per heavy atom. The van der Waals surface area contributed by atoms with Crippen LogP contribution in [0, 0.1) is 0 Å². The third-order valence-corrected chi connectivity index (χ3v) is 3.93. The number of rotatable bonds is 2. The van der Waals surface area contributed by atoms with Crippen molar-refractivity contribution in [3.63, 3.8) is 0 Å². The monoisotopic (exact) mass is 328 g/mol. The number of aromatic nitrogens is 1. The standard InChI is InChI=1S/C19H21FN2O2/c1-18(2,3)24-17(23)22-12-19(20,13-22)16-6-4-5-15(11-16)14-7-9-21-10-8-14/h4-11H,12-13H2,1-3H3. The van der Waals surface area contributed by atoms with E-state index in [4.69, 9.17) is 4.74 Å². The van der Waals surface area contributed by atoms with Crippen molar-refractivity contribution < 1.29 is 13.9 Å². The van der Waals surface area contributed by atoms with Crippen LogP contribution >= 0.6 is 0 Å². The molecular formula is C19H21FN2O2. The Balaban J connectivity index is 1.73. The molecule has 2 aromatic rings. The zero-order chi connectivity index (χ0) is 17.4. The van der Waals surface area contributed by atoms with Gasteiger partial charge in [0.05, 0.1) is 13.1 Å². The highest BCUT2D eigenvalue weighted by Gasteiger charge is 2.48. The average Bonchev–Trinajstić information content (AvgIpc) is 2.51. The van der Waals surface area contributed by atoms with Crippen LogP contribution in [-0.2, 0) is 10.4 Å². The SMILES string of the molecule is CC(C)(C)OC(=O)N1CC(F)(c2cccc(-c3ccncc3)c2)C1. The number of likely N-dealkylation sites (tertiary alicyclic amines) is 1. The number of benzene rings is 1. The largest absolute Gasteiger partial charge is 0.444 e. The summed E-state index contributed by atoms with van der Waals surface area (Å²) in [4.78, 5) is 17.4. The summed E-state index contributed by atoms with van der Waals surface area (Å²) in [5.41, 5.74) is 0.394. The first-order valence-corrected chi connectivity index (χ1v) is 7.95. The molecule has 2 heterocycles. The van der Waals surface area contributed by atoms with E-state index in [1.807, 2.05) is 30.3 Å². The van der Waals surface area contributed by atoms with Gasteiger partial charge in [0.2, 0.25) is 0 Å². The highest BCUT2D eigenvalue weighted by molar-refractivity contribution is 5.70. The second-order valence-electron chi connectivity index (χ2n) is 7.12. The minimum atomic E-state index is -1.53. The summed E-state index contributed by atoms with van der Waals surface area (Å²) in [6.07, 6.45) is 2.95. The normalized spacial score (nSPS) is 16.4. The van der Waals surface area contributed by atoms with E-state index in [-0.39, 0.29) is 13.1 Å². The predicted octanol–water partition coefficient (Wildman–Crippen LogP) is 4.16. The smallest absolute Gasteiger partial charge is 0.410 e. The van der Waals surface area contributed by atoms with Gasteiger partial charge in [-0.2, -0.15) is 0 Å². The molecule has 0 spiro atoms. The summed E-state index contributed by atoms with van der Waals surface area (Å²) in [5, 5.41) is 0. The average molecular weight is 328 g/mol. The van der Waals surface area contributed by atoms with Gasteiger partial charge in [-0.15, -0.1) is 0 Å². The number of carbonyl (C=O) groups is 1. The maximum absolute atomic E-state index is 15.1. The van der Waals surface area contributed by atoms with Crippen LogP contribution in [0.15, 0.2) is 48.8 Å². The Bertz CT molecular complexity index is 735. The minimum absolute atomic E-state index is 0.0156. The molecule has 1 aromatic carbocycles. The van der Waals surface area contributed by atoms with Crippen molar-refractivity contribution in [3.8, 4) is 11.1 Å². The molecule has 126 valence electrons. The molecule has 1 fully saturated rings. The lowest BCUT2D eigenvalue weighted by Gasteiger charge is -2.44. The van der Waals surface area contributed by atoms with Crippen LogP contribution in [0.1, 0.15) is 26.3 Å². The van der Waals surface area contributed by atoms with Gasteiger partial charge in [-0.3, -0.25) is 4.98 Å². The summed E-state index contributed by atoms with van der Waals surface area (Å²) in [7, 11) is 0. The Kier molecular flexibility index (Phi) is 4.03. The molecule has 0 unspecified atom stereocenters. The molecule has 1 aromatic heterocycles. The number of nitrogens with zero attached hydrogens (tertiary/aromatic N) is 2. The fourth-order valence-corrected chi connectivity index (χ4v) is 2.72. The Morgan fingerprint density at radius 3 is 2.46 bits per heavy atom. The number of pyridine rings is 1. The van der Waals surface area contributed by atoms with Crippen LogP contribution in [0.2, 0.25) is 0 Å². The summed E-state index contributed by atoms with van der Waals surface area (Å²) in [5.74, 6) is 0. The van der Waals surface area contributed by atoms with Gasteiger partial charge in [-0.05, 0) is 55.7 Å². The van der Waals surface area contributed by atoms with Crippen molar-refractivity contribution in [3.05, 3.63) is 54.4 Å². The molecule has 0 N–H and O–H groups in total. The predicted molar refractivity (Wildman–Crippen MR) is 90.3 cm³/mol. The van der Waals surface area contributed by atoms with Crippen LogP contribution in [0.4, 0.5) is 9.18 Å². The topological polar surface area (TPSA) is 42.4 Å². The molecule has 3 rings (SSSR count). The molecule has 0 bridgehead atoms. The first kappa shape index (κ1) is 16.4. The maximum atomic E-state index is 15.1. The molecule has 0 saturated carbocycles. The maximum Gasteiger partial charge on any atom is 0.410 e. The van der Waals surface area contributed by atoms with Crippen LogP contribution in [0.3, 0.4) is 0 Å². The molecule has 5 heteroatoms. The lowest BCUT2D eigenvalue weighted by Crippen LogP contribution is -2.59. The lowest BCUT2D eigenvalue weighted by molar-refractivity contribution is -0.0537. The van der Waals surface area contributed by atoms with Gasteiger partial charge in [0.15, 0.2) is 5.67 Å². The van der Waals surface area contributed by atoms with Crippen LogP contribution in [0.25, 0.3) is 11.1 Å². The number of amides is 1. The van der Waals surface area contributed by atoms with E-state index in [0.29, 0.717) is 5.56 Å². The van der Waals surface area contributed by atoms with E-state index in [9.17, 15) is 4.79 Å². The third-order valence-electron chi connectivity index (χ3n) is 3.93. The second kappa shape index (κ2) is 5.89. The Morgan fingerprint density at radius 2 is 1.83 bits per heavy atom. The Hall–Kier alpha value is -2.43. The summed E-state index contributed by atoms with van der Waals surface area (Å²) >= 11 is 0. The Labute approximate surface area is 141 Å². The molecule has 24 heavy (non-hydrogen) atoms. The quantitative estimate of drug-likeness (QED) is 0.831. The molecule has 1 amide bonds. The van der Waals surface area contributed by atoms with Gasteiger partial charge < -0.3 is 9.64 Å². The summed E-state index contributed by atoms with van der Waals surface area (Å²) in [6.45, 7) is 5.42. The second-order valence-corrected chi connectivity index (χ2v) is 7.12. The van der Waals surface area contributed by atoms with Crippen molar-refractivity contribution in [2.24, 2.45) is 0 Å². The molecule has 1 aliphatic rings. The van der Waals surface area contributed by atoms with Crippen LogP contribution in [0.5, 0.6) is 0 Å². The number of hydrogen-bond acceptors (Lipinski definition) is 3. The molecule has 0 radical (unpaired) electrons. The van der Waals surface area contributed by atoms with Gasteiger partial charge in [0.1, 0.15) is 5.60 Å². The van der Waals surface area contributed by atoms with Gasteiger partial charge in [0.25, 0.3) is 0 Å². The zero-order valence-electron chi connectivity index (χ0n) is 14.1. The number of halogens is 1. The highest BCUT2D eigenvalue weighted by atomic mass is 19.1. The number of carbonyl (C=O) groups excluding carboxylic acids is 1. The first-order chi connectivity index (χ1) is 11.3. The van der Waals surface area contributed by atoms with Crippen LogP contribution < -0.4 is 0 Å². The van der Waals surface area contributed by atoms with Gasteiger partial charge in [-0.1, -0.05) is 18.2 Å². The lowest BCUT2D eigenvalue weighted by atomic mass is 9.86. The van der Waals surface area contributed by atoms with E-state index >= 15 is 4.39 Å². The molecule has 4 nitrogen and oxygen atoms in total. The first-order valence-electron chi connectivity index (χ1n) is 7.95. The van der Waals surface area contributed by atoms with Crippen molar-refractivity contribution in [2.75, 3.05) is 13.1 Å². The van der Waals surface area contributed by atoms with Crippen molar-refractivity contribution in [2.45, 2.75) is 32.0 Å². The molecule has 1 saturated heterocycles. The fraction of sp³-hybridized carbons (Fsp3) is 0.368. The highest BCUT2D eigenvalue weighted by Crippen LogP contribution is 2.38.